The maximum atomic E-state index is 13.6. The lowest BCUT2D eigenvalue weighted by Gasteiger charge is -2.31. The molecule has 9 nitrogen and oxygen atoms in total. The topological polar surface area (TPSA) is 131 Å². The Kier molecular flexibility index (Phi) is 10.9. The van der Waals surface area contributed by atoms with E-state index in [0.717, 1.165) is 12.0 Å². The molecular weight excluding hydrogens is 542 g/mol. The number of carbonyl (C=O) groups is 1. The Morgan fingerprint density at radius 2 is 1.71 bits per heavy atom. The van der Waals surface area contributed by atoms with E-state index in [9.17, 15) is 18.3 Å². The van der Waals surface area contributed by atoms with Gasteiger partial charge >= 0.3 is 0 Å². The number of amides is 1. The molecule has 1 heterocycles. The zero-order valence-electron chi connectivity index (χ0n) is 23.3. The smallest absolute Gasteiger partial charge is 0.255 e. The Morgan fingerprint density at radius 1 is 1.05 bits per heavy atom. The molecule has 0 bridgehead atoms. The van der Waals surface area contributed by atoms with Gasteiger partial charge in [0.2, 0.25) is 10.0 Å². The molecule has 41 heavy (non-hydrogen) atoms. The van der Waals surface area contributed by atoms with Gasteiger partial charge in [0, 0.05) is 19.5 Å². The Labute approximate surface area is 242 Å². The number of aliphatic hydroxyl groups is 1. The lowest BCUT2D eigenvalue weighted by Crippen LogP contribution is -2.51. The van der Waals surface area contributed by atoms with Gasteiger partial charge in [-0.25, -0.2) is 8.42 Å². The van der Waals surface area contributed by atoms with Crippen LogP contribution in [0, 0.1) is 5.92 Å². The summed E-state index contributed by atoms with van der Waals surface area (Å²) < 4.78 is 39.9. The van der Waals surface area contributed by atoms with Crippen LogP contribution in [0.1, 0.15) is 29.3 Å². The summed E-state index contributed by atoms with van der Waals surface area (Å²) in [7, 11) is -3.94. The number of hydrogen-bond donors (Lipinski definition) is 3. The van der Waals surface area contributed by atoms with E-state index in [-0.39, 0.29) is 36.6 Å². The number of nitrogens with zero attached hydrogens (tertiary/aromatic N) is 1. The highest BCUT2D eigenvalue weighted by Crippen LogP contribution is 2.23. The van der Waals surface area contributed by atoms with Gasteiger partial charge in [0.1, 0.15) is 11.9 Å². The van der Waals surface area contributed by atoms with Gasteiger partial charge in [0.05, 0.1) is 35.8 Å². The van der Waals surface area contributed by atoms with E-state index >= 15 is 0 Å². The summed E-state index contributed by atoms with van der Waals surface area (Å²) in [6.45, 7) is 3.10. The van der Waals surface area contributed by atoms with E-state index in [2.05, 4.69) is 5.32 Å². The first-order chi connectivity index (χ1) is 19.8. The van der Waals surface area contributed by atoms with Crippen molar-refractivity contribution in [2.75, 3.05) is 32.8 Å². The number of sulfonamides is 1. The Hall–Kier alpha value is -3.28. The minimum Gasteiger partial charge on any atom is -0.487 e. The van der Waals surface area contributed by atoms with E-state index in [1.807, 2.05) is 37.3 Å². The summed E-state index contributed by atoms with van der Waals surface area (Å²) in [6.07, 6.45) is -0.341. The van der Waals surface area contributed by atoms with Crippen molar-refractivity contribution in [3.8, 4) is 5.75 Å². The number of nitrogens with one attached hydrogen (secondary N) is 1. The van der Waals surface area contributed by atoms with Crippen molar-refractivity contribution in [3.63, 3.8) is 0 Å². The fourth-order valence-electron chi connectivity index (χ4n) is 4.71. The standard InChI is InChI=1S/C31H39N3O6S/c1-23(19-32)20-34(41(37,38)26-12-6-3-7-13-26)21-29(35)28(18-24-10-4-2-5-11-24)33-31(36)27-14-8-9-15-30(27)40-25-16-17-39-22-25/h2-15,23,25,28-29,35H,16-22,32H2,1H3,(H,33,36)/t23?,25-,28+,29-/m1/s1. The van der Waals surface area contributed by atoms with Crippen LogP contribution in [0.3, 0.4) is 0 Å². The summed E-state index contributed by atoms with van der Waals surface area (Å²) in [5.41, 5.74) is 7.05. The number of hydrogen-bond acceptors (Lipinski definition) is 7. The molecule has 220 valence electrons. The lowest BCUT2D eigenvalue weighted by atomic mass is 10.00. The van der Waals surface area contributed by atoms with E-state index < -0.39 is 28.1 Å². The molecule has 4 N–H and O–H groups in total. The first-order valence-electron chi connectivity index (χ1n) is 13.9. The van der Waals surface area contributed by atoms with Crippen LogP contribution in [-0.4, -0.2) is 74.8 Å². The quantitative estimate of drug-likeness (QED) is 0.267. The highest BCUT2D eigenvalue weighted by Gasteiger charge is 2.32. The van der Waals surface area contributed by atoms with Crippen molar-refractivity contribution < 1.29 is 27.8 Å². The zero-order valence-corrected chi connectivity index (χ0v) is 24.1. The van der Waals surface area contributed by atoms with Crippen molar-refractivity contribution in [2.24, 2.45) is 11.7 Å². The fraction of sp³-hybridized carbons (Fsp3) is 0.387. The van der Waals surface area contributed by atoms with Crippen molar-refractivity contribution in [1.29, 1.82) is 0 Å². The summed E-state index contributed by atoms with van der Waals surface area (Å²) in [5.74, 6) is -0.141. The molecule has 0 aliphatic carbocycles. The summed E-state index contributed by atoms with van der Waals surface area (Å²) in [4.78, 5) is 13.7. The van der Waals surface area contributed by atoms with Crippen molar-refractivity contribution in [2.45, 2.75) is 42.9 Å². The molecule has 1 saturated heterocycles. The minimum atomic E-state index is -3.94. The molecule has 0 saturated carbocycles. The second-order valence-electron chi connectivity index (χ2n) is 10.4. The molecule has 1 unspecified atom stereocenters. The van der Waals surface area contributed by atoms with Gasteiger partial charge in [-0.15, -0.1) is 0 Å². The molecule has 4 atom stereocenters. The first kappa shape index (κ1) is 30.7. The van der Waals surface area contributed by atoms with E-state index in [1.165, 1.54) is 16.4 Å². The molecule has 3 aromatic carbocycles. The Morgan fingerprint density at radius 3 is 2.37 bits per heavy atom. The van der Waals surface area contributed by atoms with Crippen LogP contribution in [0.4, 0.5) is 0 Å². The van der Waals surface area contributed by atoms with Gasteiger partial charge in [-0.1, -0.05) is 67.6 Å². The third-order valence-electron chi connectivity index (χ3n) is 7.08. The van der Waals surface area contributed by atoms with Crippen molar-refractivity contribution >= 4 is 15.9 Å². The lowest BCUT2D eigenvalue weighted by molar-refractivity contribution is 0.0768. The van der Waals surface area contributed by atoms with Gasteiger partial charge in [0.15, 0.2) is 0 Å². The van der Waals surface area contributed by atoms with Crippen LogP contribution in [0.5, 0.6) is 5.75 Å². The van der Waals surface area contributed by atoms with Crippen LogP contribution in [-0.2, 0) is 21.2 Å². The van der Waals surface area contributed by atoms with Crippen LogP contribution < -0.4 is 15.8 Å². The predicted octanol–water partition coefficient (Wildman–Crippen LogP) is 2.84. The minimum absolute atomic E-state index is 0.122. The molecule has 1 aliphatic rings. The van der Waals surface area contributed by atoms with Crippen LogP contribution in [0.15, 0.2) is 89.8 Å². The van der Waals surface area contributed by atoms with Crippen molar-refractivity contribution in [3.05, 3.63) is 96.1 Å². The van der Waals surface area contributed by atoms with E-state index in [1.54, 1.807) is 42.5 Å². The van der Waals surface area contributed by atoms with Crippen molar-refractivity contribution in [1.82, 2.24) is 9.62 Å². The molecule has 10 heteroatoms. The first-order valence-corrected chi connectivity index (χ1v) is 15.3. The SMILES string of the molecule is CC(CN)CN(C[C@@H](O)[C@H](Cc1ccccc1)NC(=O)c1ccccc1O[C@@H]1CCOC1)S(=O)(=O)c1ccccc1. The summed E-state index contributed by atoms with van der Waals surface area (Å²) in [5, 5.41) is 14.5. The molecule has 1 amide bonds. The summed E-state index contributed by atoms with van der Waals surface area (Å²) >= 11 is 0. The molecule has 0 radical (unpaired) electrons. The summed E-state index contributed by atoms with van der Waals surface area (Å²) in [6, 6.07) is 23.7. The molecule has 1 aliphatic heterocycles. The average Bonchev–Trinajstić information content (AvgIpc) is 3.50. The van der Waals surface area contributed by atoms with Gasteiger partial charge in [-0.2, -0.15) is 4.31 Å². The second-order valence-corrected chi connectivity index (χ2v) is 12.4. The fourth-order valence-corrected chi connectivity index (χ4v) is 6.31. The van der Waals surface area contributed by atoms with Gasteiger partial charge in [0.25, 0.3) is 5.91 Å². The third-order valence-corrected chi connectivity index (χ3v) is 8.93. The van der Waals surface area contributed by atoms with Crippen LogP contribution in [0.25, 0.3) is 0 Å². The maximum absolute atomic E-state index is 13.6. The van der Waals surface area contributed by atoms with E-state index in [4.69, 9.17) is 15.2 Å². The number of benzene rings is 3. The Bertz CT molecular complexity index is 1350. The number of rotatable bonds is 14. The average molecular weight is 582 g/mol. The monoisotopic (exact) mass is 581 g/mol. The zero-order chi connectivity index (χ0) is 29.2. The number of aliphatic hydroxyl groups excluding tert-OH is 1. The van der Waals surface area contributed by atoms with Crippen LogP contribution in [0.2, 0.25) is 0 Å². The highest BCUT2D eigenvalue weighted by atomic mass is 32.2. The van der Waals surface area contributed by atoms with Gasteiger partial charge in [-0.3, -0.25) is 4.79 Å². The molecule has 0 spiro atoms. The third kappa shape index (κ3) is 8.37. The van der Waals surface area contributed by atoms with Crippen LogP contribution >= 0.6 is 0 Å². The second kappa shape index (κ2) is 14.6. The number of nitrogens with two attached hydrogens (primary N) is 1. The molecule has 1 fully saturated rings. The Balaban J connectivity index is 1.59. The van der Waals surface area contributed by atoms with E-state index in [0.29, 0.717) is 30.9 Å². The highest BCUT2D eigenvalue weighted by molar-refractivity contribution is 7.89. The number of para-hydroxylation sites is 1. The largest absolute Gasteiger partial charge is 0.487 e. The molecule has 4 rings (SSSR count). The maximum Gasteiger partial charge on any atom is 0.255 e. The molecular formula is C31H39N3O6S. The van der Waals surface area contributed by atoms with Gasteiger partial charge < -0.3 is 25.6 Å². The van der Waals surface area contributed by atoms with Gasteiger partial charge in [-0.05, 0) is 48.7 Å². The normalized spacial score (nSPS) is 17.6. The number of ether oxygens (including phenoxy) is 2. The number of carbonyl (C=O) groups excluding carboxylic acids is 1. The molecule has 3 aromatic rings. The predicted molar refractivity (Wildman–Crippen MR) is 157 cm³/mol. The molecule has 0 aromatic heterocycles.